The lowest BCUT2D eigenvalue weighted by atomic mass is 10.2. The van der Waals surface area contributed by atoms with Gasteiger partial charge in [0.1, 0.15) is 6.54 Å². The molecule has 0 radical (unpaired) electrons. The Hall–Kier alpha value is -1.10. The van der Waals surface area contributed by atoms with Crippen LogP contribution in [0.15, 0.2) is 0 Å². The van der Waals surface area contributed by atoms with Crippen LogP contribution in [-0.2, 0) is 14.3 Å². The van der Waals surface area contributed by atoms with Gasteiger partial charge in [0, 0.05) is 13.2 Å². The van der Waals surface area contributed by atoms with Gasteiger partial charge >= 0.3 is 5.97 Å². The normalized spacial score (nSPS) is 16.3. The van der Waals surface area contributed by atoms with Gasteiger partial charge in [0.15, 0.2) is 0 Å². The van der Waals surface area contributed by atoms with E-state index in [9.17, 15) is 9.59 Å². The van der Waals surface area contributed by atoms with Crippen molar-refractivity contribution in [1.82, 2.24) is 4.90 Å². The van der Waals surface area contributed by atoms with Crippen LogP contribution in [0.25, 0.3) is 0 Å². The fourth-order valence-electron chi connectivity index (χ4n) is 2.12. The molecule has 0 unspecified atom stereocenters. The number of rotatable bonds is 6. The first-order chi connectivity index (χ1) is 7.65. The van der Waals surface area contributed by atoms with Crippen LogP contribution in [0.2, 0.25) is 0 Å². The van der Waals surface area contributed by atoms with Gasteiger partial charge in [-0.05, 0) is 12.8 Å². The third-order valence-electron chi connectivity index (χ3n) is 2.91. The van der Waals surface area contributed by atoms with E-state index in [1.807, 2.05) is 0 Å². The fraction of sp³-hybridized carbons (Fsp3) is 0.818. The second kappa shape index (κ2) is 6.48. The SMILES string of the molecule is COCCC(=O)N(CC(=O)O)C1CCCC1. The maximum Gasteiger partial charge on any atom is 0.323 e. The minimum absolute atomic E-state index is 0.112. The van der Waals surface area contributed by atoms with Crippen molar-refractivity contribution in [2.75, 3.05) is 20.3 Å². The first kappa shape index (κ1) is 13.0. The number of methoxy groups -OCH3 is 1. The smallest absolute Gasteiger partial charge is 0.323 e. The Morgan fingerprint density at radius 2 is 2.00 bits per heavy atom. The Bertz CT molecular complexity index is 248. The van der Waals surface area contributed by atoms with Crippen LogP contribution in [-0.4, -0.2) is 48.2 Å². The second-order valence-electron chi connectivity index (χ2n) is 4.10. The average molecular weight is 229 g/mol. The number of ether oxygens (including phenoxy) is 1. The second-order valence-corrected chi connectivity index (χ2v) is 4.10. The van der Waals surface area contributed by atoms with Gasteiger partial charge in [-0.15, -0.1) is 0 Å². The molecule has 1 aliphatic rings. The summed E-state index contributed by atoms with van der Waals surface area (Å²) in [7, 11) is 1.53. The van der Waals surface area contributed by atoms with Gasteiger partial charge < -0.3 is 14.7 Å². The first-order valence-electron chi connectivity index (χ1n) is 5.65. The summed E-state index contributed by atoms with van der Waals surface area (Å²) in [6.07, 6.45) is 4.27. The Labute approximate surface area is 95.4 Å². The maximum atomic E-state index is 11.8. The van der Waals surface area contributed by atoms with E-state index < -0.39 is 5.97 Å². The standard InChI is InChI=1S/C11H19NO4/c1-16-7-6-10(13)12(8-11(14)15)9-4-2-3-5-9/h9H,2-8H2,1H3,(H,14,15). The summed E-state index contributed by atoms with van der Waals surface area (Å²) in [5.41, 5.74) is 0. The third-order valence-corrected chi connectivity index (χ3v) is 2.91. The van der Waals surface area contributed by atoms with Crippen LogP contribution >= 0.6 is 0 Å². The van der Waals surface area contributed by atoms with Crippen LogP contribution in [0.4, 0.5) is 0 Å². The Kier molecular flexibility index (Phi) is 5.25. The van der Waals surface area contributed by atoms with Crippen molar-refractivity contribution < 1.29 is 19.4 Å². The van der Waals surface area contributed by atoms with E-state index in [2.05, 4.69) is 0 Å². The highest BCUT2D eigenvalue weighted by atomic mass is 16.5. The van der Waals surface area contributed by atoms with Crippen molar-refractivity contribution in [3.8, 4) is 0 Å². The van der Waals surface area contributed by atoms with Gasteiger partial charge in [0.25, 0.3) is 0 Å². The summed E-state index contributed by atoms with van der Waals surface area (Å²) in [5.74, 6) is -1.06. The lowest BCUT2D eigenvalue weighted by Crippen LogP contribution is -2.42. The third kappa shape index (κ3) is 3.81. The molecule has 0 saturated heterocycles. The van der Waals surface area contributed by atoms with E-state index in [-0.39, 0.29) is 24.9 Å². The summed E-state index contributed by atoms with van der Waals surface area (Å²) >= 11 is 0. The van der Waals surface area contributed by atoms with Crippen molar-refractivity contribution in [1.29, 1.82) is 0 Å². The highest BCUT2D eigenvalue weighted by Crippen LogP contribution is 2.23. The van der Waals surface area contributed by atoms with E-state index >= 15 is 0 Å². The minimum atomic E-state index is -0.947. The van der Waals surface area contributed by atoms with Crippen molar-refractivity contribution in [2.24, 2.45) is 0 Å². The fourth-order valence-corrected chi connectivity index (χ4v) is 2.12. The maximum absolute atomic E-state index is 11.8. The van der Waals surface area contributed by atoms with Crippen LogP contribution in [0, 0.1) is 0 Å². The highest BCUT2D eigenvalue weighted by Gasteiger charge is 2.27. The van der Waals surface area contributed by atoms with Crippen molar-refractivity contribution in [3.05, 3.63) is 0 Å². The summed E-state index contributed by atoms with van der Waals surface area (Å²) in [6.45, 7) is 0.162. The summed E-state index contributed by atoms with van der Waals surface area (Å²) in [6, 6.07) is 0.112. The van der Waals surface area contributed by atoms with Crippen molar-refractivity contribution in [2.45, 2.75) is 38.1 Å². The largest absolute Gasteiger partial charge is 0.480 e. The number of hydrogen-bond acceptors (Lipinski definition) is 3. The first-order valence-corrected chi connectivity index (χ1v) is 5.65. The number of hydrogen-bond donors (Lipinski definition) is 1. The molecule has 1 rings (SSSR count). The van der Waals surface area contributed by atoms with E-state index in [1.54, 1.807) is 0 Å². The number of carbonyl (C=O) groups is 2. The van der Waals surface area contributed by atoms with Gasteiger partial charge in [-0.25, -0.2) is 0 Å². The minimum Gasteiger partial charge on any atom is -0.480 e. The molecular formula is C11H19NO4. The molecule has 0 aliphatic heterocycles. The quantitative estimate of drug-likeness (QED) is 0.734. The molecule has 1 aliphatic carbocycles. The Balaban J connectivity index is 2.54. The van der Waals surface area contributed by atoms with Crippen LogP contribution < -0.4 is 0 Å². The van der Waals surface area contributed by atoms with Gasteiger partial charge in [0.05, 0.1) is 13.0 Å². The van der Waals surface area contributed by atoms with Gasteiger partial charge in [-0.1, -0.05) is 12.8 Å². The highest BCUT2D eigenvalue weighted by molar-refractivity contribution is 5.81. The van der Waals surface area contributed by atoms with Crippen LogP contribution in [0.3, 0.4) is 0 Å². The molecule has 0 bridgehead atoms. The monoisotopic (exact) mass is 229 g/mol. The molecule has 0 aromatic rings. The molecule has 5 nitrogen and oxygen atoms in total. The van der Waals surface area contributed by atoms with Gasteiger partial charge in [-0.2, -0.15) is 0 Å². The topological polar surface area (TPSA) is 66.8 Å². The zero-order chi connectivity index (χ0) is 12.0. The van der Waals surface area contributed by atoms with Gasteiger partial charge in [-0.3, -0.25) is 9.59 Å². The molecule has 0 atom stereocenters. The van der Waals surface area contributed by atoms with E-state index in [0.29, 0.717) is 6.61 Å². The van der Waals surface area contributed by atoms with Crippen LogP contribution in [0.5, 0.6) is 0 Å². The summed E-state index contributed by atoms with van der Waals surface area (Å²) in [5, 5.41) is 8.79. The molecule has 1 amide bonds. The molecule has 92 valence electrons. The molecular weight excluding hydrogens is 210 g/mol. The lowest BCUT2D eigenvalue weighted by molar-refractivity contribution is -0.146. The predicted octanol–water partition coefficient (Wildman–Crippen LogP) is 0.879. The van der Waals surface area contributed by atoms with E-state index in [0.717, 1.165) is 25.7 Å². The molecule has 0 aromatic heterocycles. The summed E-state index contributed by atoms with van der Waals surface area (Å²) < 4.78 is 4.84. The average Bonchev–Trinajstić information content (AvgIpc) is 2.75. The molecule has 5 heteroatoms. The number of carboxylic acids is 1. The molecule has 0 spiro atoms. The van der Waals surface area contributed by atoms with E-state index in [4.69, 9.17) is 9.84 Å². The van der Waals surface area contributed by atoms with E-state index in [1.165, 1.54) is 12.0 Å². The molecule has 0 aromatic carbocycles. The zero-order valence-corrected chi connectivity index (χ0v) is 9.65. The number of nitrogens with zero attached hydrogens (tertiary/aromatic N) is 1. The molecule has 16 heavy (non-hydrogen) atoms. The van der Waals surface area contributed by atoms with Gasteiger partial charge in [0.2, 0.25) is 5.91 Å². The number of carbonyl (C=O) groups excluding carboxylic acids is 1. The van der Waals surface area contributed by atoms with Crippen molar-refractivity contribution in [3.63, 3.8) is 0 Å². The van der Waals surface area contributed by atoms with Crippen molar-refractivity contribution >= 4 is 11.9 Å². The lowest BCUT2D eigenvalue weighted by Gasteiger charge is -2.27. The number of carboxylic acid groups (broad SMARTS) is 1. The molecule has 1 fully saturated rings. The summed E-state index contributed by atoms with van der Waals surface area (Å²) in [4.78, 5) is 24.0. The Morgan fingerprint density at radius 3 is 2.50 bits per heavy atom. The Morgan fingerprint density at radius 1 is 1.38 bits per heavy atom. The number of aliphatic carboxylic acids is 1. The van der Waals surface area contributed by atoms with Crippen LogP contribution in [0.1, 0.15) is 32.1 Å². The molecule has 1 saturated carbocycles. The molecule has 0 heterocycles. The number of amides is 1. The predicted molar refractivity (Wildman–Crippen MR) is 58.1 cm³/mol. The zero-order valence-electron chi connectivity index (χ0n) is 9.65. The molecule has 1 N–H and O–H groups in total.